The largest absolute Gasteiger partial charge is 0.382 e. The summed E-state index contributed by atoms with van der Waals surface area (Å²) in [5.74, 6) is 1.65. The van der Waals surface area contributed by atoms with Crippen LogP contribution in [0.4, 0.5) is 4.39 Å². The molecular formula is C16H22FNO2S. The maximum Gasteiger partial charge on any atom is 0.128 e. The van der Waals surface area contributed by atoms with Crippen molar-refractivity contribution in [2.24, 2.45) is 10.9 Å². The number of nitrogens with zero attached hydrogens (tertiary/aromatic N) is 1. The van der Waals surface area contributed by atoms with Crippen LogP contribution >= 0.6 is 11.8 Å². The van der Waals surface area contributed by atoms with E-state index in [1.54, 1.807) is 19.2 Å². The van der Waals surface area contributed by atoms with Gasteiger partial charge in [-0.3, -0.25) is 4.99 Å². The minimum Gasteiger partial charge on any atom is -0.382 e. The van der Waals surface area contributed by atoms with E-state index < -0.39 is 5.54 Å². The first-order chi connectivity index (χ1) is 10.2. The maximum absolute atomic E-state index is 14.3. The molecule has 1 heterocycles. The number of methoxy groups -OCH3 is 1. The average molecular weight is 311 g/mol. The quantitative estimate of drug-likeness (QED) is 0.725. The maximum atomic E-state index is 14.3. The van der Waals surface area contributed by atoms with Crippen LogP contribution in [0.15, 0.2) is 29.3 Å². The van der Waals surface area contributed by atoms with Crippen molar-refractivity contribution >= 4 is 18.5 Å². The third-order valence-corrected chi connectivity index (χ3v) is 5.04. The Bertz CT molecular complexity index is 485. The van der Waals surface area contributed by atoms with Crippen LogP contribution in [-0.2, 0) is 15.0 Å². The summed E-state index contributed by atoms with van der Waals surface area (Å²) < 4.78 is 25.4. The molecule has 3 atom stereocenters. The van der Waals surface area contributed by atoms with Gasteiger partial charge in [0, 0.05) is 24.3 Å². The van der Waals surface area contributed by atoms with Crippen LogP contribution in [0.1, 0.15) is 12.5 Å². The lowest BCUT2D eigenvalue weighted by Crippen LogP contribution is -2.38. The molecule has 0 radical (unpaired) electrons. The molecule has 0 aromatic heterocycles. The smallest absolute Gasteiger partial charge is 0.128 e. The first-order valence-electron chi connectivity index (χ1n) is 7.10. The molecule has 1 aromatic carbocycles. The number of benzene rings is 1. The summed E-state index contributed by atoms with van der Waals surface area (Å²) in [6.07, 6.45) is -0.0841. The van der Waals surface area contributed by atoms with Gasteiger partial charge in [-0.2, -0.15) is 11.8 Å². The lowest BCUT2D eigenvalue weighted by atomic mass is 9.79. The molecule has 1 aliphatic rings. The molecule has 0 spiro atoms. The molecule has 3 unspecified atom stereocenters. The van der Waals surface area contributed by atoms with Gasteiger partial charge in [0.1, 0.15) is 11.4 Å². The average Bonchev–Trinajstić information content (AvgIpc) is 2.85. The molecule has 0 bridgehead atoms. The normalized spacial score (nSPS) is 28.7. The number of rotatable bonds is 7. The van der Waals surface area contributed by atoms with Gasteiger partial charge >= 0.3 is 0 Å². The molecule has 1 saturated heterocycles. The van der Waals surface area contributed by atoms with Crippen LogP contribution < -0.4 is 0 Å². The van der Waals surface area contributed by atoms with E-state index in [0.717, 1.165) is 11.5 Å². The minimum atomic E-state index is -0.725. The summed E-state index contributed by atoms with van der Waals surface area (Å²) >= 11 is 1.81. The van der Waals surface area contributed by atoms with E-state index in [4.69, 9.17) is 9.47 Å². The highest BCUT2D eigenvalue weighted by molar-refractivity contribution is 7.99. The van der Waals surface area contributed by atoms with Crippen LogP contribution in [0.25, 0.3) is 0 Å². The fourth-order valence-electron chi connectivity index (χ4n) is 2.92. The zero-order chi connectivity index (χ0) is 15.3. The molecule has 0 N–H and O–H groups in total. The molecule has 116 valence electrons. The lowest BCUT2D eigenvalue weighted by Gasteiger charge is -2.32. The second-order valence-corrected chi connectivity index (χ2v) is 6.45. The predicted molar refractivity (Wildman–Crippen MR) is 85.7 cm³/mol. The highest BCUT2D eigenvalue weighted by Crippen LogP contribution is 2.45. The third kappa shape index (κ3) is 3.15. The van der Waals surface area contributed by atoms with Crippen LogP contribution in [0, 0.1) is 11.7 Å². The molecule has 5 heteroatoms. The number of hydrogen-bond acceptors (Lipinski definition) is 4. The highest BCUT2D eigenvalue weighted by Gasteiger charge is 2.51. The van der Waals surface area contributed by atoms with Gasteiger partial charge in [0.25, 0.3) is 0 Å². The molecule has 1 fully saturated rings. The Morgan fingerprint density at radius 2 is 2.29 bits per heavy atom. The molecule has 21 heavy (non-hydrogen) atoms. The Kier molecular flexibility index (Phi) is 5.79. The van der Waals surface area contributed by atoms with E-state index >= 15 is 0 Å². The molecular weight excluding hydrogens is 289 g/mol. The van der Waals surface area contributed by atoms with Gasteiger partial charge in [0.05, 0.1) is 19.3 Å². The molecule has 0 aliphatic carbocycles. The van der Waals surface area contributed by atoms with E-state index in [0.29, 0.717) is 18.8 Å². The Hall–Kier alpha value is -0.910. The van der Waals surface area contributed by atoms with Crippen molar-refractivity contribution in [1.29, 1.82) is 0 Å². The van der Waals surface area contributed by atoms with Gasteiger partial charge in [-0.25, -0.2) is 4.39 Å². The van der Waals surface area contributed by atoms with Gasteiger partial charge in [0.15, 0.2) is 0 Å². The summed E-state index contributed by atoms with van der Waals surface area (Å²) in [6.45, 7) is 6.68. The number of thioether (sulfide) groups is 1. The van der Waals surface area contributed by atoms with Crippen molar-refractivity contribution in [3.05, 3.63) is 35.6 Å². The molecule has 1 aliphatic heterocycles. The highest BCUT2D eigenvalue weighted by atomic mass is 32.2. The zero-order valence-corrected chi connectivity index (χ0v) is 13.4. The van der Waals surface area contributed by atoms with Gasteiger partial charge in [-0.05, 0) is 18.5 Å². The van der Waals surface area contributed by atoms with E-state index in [-0.39, 0.29) is 17.8 Å². The Balaban J connectivity index is 2.39. The molecule has 1 aromatic rings. The van der Waals surface area contributed by atoms with Gasteiger partial charge in [-0.1, -0.05) is 25.1 Å². The number of hydrogen-bond donors (Lipinski definition) is 0. The Labute approximate surface area is 129 Å². The fourth-order valence-corrected chi connectivity index (χ4v) is 3.90. The molecule has 0 saturated carbocycles. The van der Waals surface area contributed by atoms with Crippen LogP contribution in [0.5, 0.6) is 0 Å². The topological polar surface area (TPSA) is 30.8 Å². The van der Waals surface area contributed by atoms with Crippen molar-refractivity contribution in [3.63, 3.8) is 0 Å². The second-order valence-electron chi connectivity index (χ2n) is 5.13. The minimum absolute atomic E-state index is 0.0526. The SMILES string of the molecule is C=NC1(c2ccccc2F)COC(COC)C1CSCC. The van der Waals surface area contributed by atoms with Gasteiger partial charge in [-0.15, -0.1) is 0 Å². The van der Waals surface area contributed by atoms with Gasteiger partial charge in [0.2, 0.25) is 0 Å². The molecule has 0 amide bonds. The number of aliphatic imine (C=N–C) groups is 1. The summed E-state index contributed by atoms with van der Waals surface area (Å²) in [7, 11) is 1.65. The standard InChI is InChI=1S/C16H22FNO2S/c1-4-21-10-13-15(9-19-3)20-11-16(13,18-2)12-7-5-6-8-14(12)17/h5-8,13,15H,2,4,9-11H2,1,3H3. The Morgan fingerprint density at radius 3 is 2.90 bits per heavy atom. The Morgan fingerprint density at radius 1 is 1.52 bits per heavy atom. The van der Waals surface area contributed by atoms with E-state index in [1.807, 2.05) is 17.8 Å². The van der Waals surface area contributed by atoms with Crippen LogP contribution in [0.2, 0.25) is 0 Å². The summed E-state index contributed by atoms with van der Waals surface area (Å²) in [6, 6.07) is 6.77. The fraction of sp³-hybridized carbons (Fsp3) is 0.562. The van der Waals surface area contributed by atoms with E-state index in [1.165, 1.54) is 6.07 Å². The lowest BCUT2D eigenvalue weighted by molar-refractivity contribution is 0.0240. The first-order valence-corrected chi connectivity index (χ1v) is 8.26. The van der Waals surface area contributed by atoms with Crippen molar-refractivity contribution < 1.29 is 13.9 Å². The van der Waals surface area contributed by atoms with Crippen molar-refractivity contribution in [2.45, 2.75) is 18.6 Å². The molecule has 3 nitrogen and oxygen atoms in total. The van der Waals surface area contributed by atoms with Gasteiger partial charge < -0.3 is 9.47 Å². The number of halogens is 1. The van der Waals surface area contributed by atoms with Crippen molar-refractivity contribution in [3.8, 4) is 0 Å². The number of ether oxygens (including phenoxy) is 2. The van der Waals surface area contributed by atoms with Crippen molar-refractivity contribution in [1.82, 2.24) is 0 Å². The van der Waals surface area contributed by atoms with E-state index in [2.05, 4.69) is 18.6 Å². The first kappa shape index (κ1) is 16.5. The summed E-state index contributed by atoms with van der Waals surface area (Å²) in [4.78, 5) is 4.33. The summed E-state index contributed by atoms with van der Waals surface area (Å²) in [5, 5.41) is 0. The van der Waals surface area contributed by atoms with Crippen LogP contribution in [0.3, 0.4) is 0 Å². The summed E-state index contributed by atoms with van der Waals surface area (Å²) in [5.41, 5.74) is -0.156. The molecule has 2 rings (SSSR count). The second kappa shape index (κ2) is 7.38. The van der Waals surface area contributed by atoms with E-state index in [9.17, 15) is 4.39 Å². The third-order valence-electron chi connectivity index (χ3n) is 4.03. The van der Waals surface area contributed by atoms with Crippen LogP contribution in [-0.4, -0.2) is 44.7 Å². The van der Waals surface area contributed by atoms with Crippen molar-refractivity contribution in [2.75, 3.05) is 31.8 Å². The monoisotopic (exact) mass is 311 g/mol. The zero-order valence-electron chi connectivity index (χ0n) is 12.5. The predicted octanol–water partition coefficient (Wildman–Crippen LogP) is 3.14.